The van der Waals surface area contributed by atoms with Gasteiger partial charge in [0, 0.05) is 6.04 Å². The molecule has 0 heterocycles. The molecule has 2 N–H and O–H groups in total. The number of benzene rings is 1. The minimum absolute atomic E-state index is 0.0868. The fraction of sp³-hybridized carbons (Fsp3) is 0.647. The van der Waals surface area contributed by atoms with Gasteiger partial charge in [0.15, 0.2) is 0 Å². The predicted molar refractivity (Wildman–Crippen MR) is 82.8 cm³/mol. The molecule has 2 atom stereocenters. The second-order valence-corrected chi connectivity index (χ2v) is 6.61. The molecule has 0 aliphatic heterocycles. The summed E-state index contributed by atoms with van der Waals surface area (Å²) in [6.45, 7) is 13.6. The lowest BCUT2D eigenvalue weighted by Crippen LogP contribution is -2.34. The first-order valence-electron chi connectivity index (χ1n) is 7.25. The van der Waals surface area contributed by atoms with Crippen molar-refractivity contribution in [3.05, 3.63) is 29.3 Å². The van der Waals surface area contributed by atoms with E-state index in [4.69, 9.17) is 10.5 Å². The number of nitrogens with two attached hydrogens (primary N) is 1. The van der Waals surface area contributed by atoms with E-state index >= 15 is 0 Å². The van der Waals surface area contributed by atoms with Crippen molar-refractivity contribution >= 4 is 0 Å². The summed E-state index contributed by atoms with van der Waals surface area (Å²) in [5.74, 6) is 1.47. The van der Waals surface area contributed by atoms with Crippen molar-refractivity contribution in [2.45, 2.75) is 59.4 Å². The summed E-state index contributed by atoms with van der Waals surface area (Å²) in [4.78, 5) is 0. The van der Waals surface area contributed by atoms with E-state index in [0.717, 1.165) is 12.2 Å². The molecule has 0 saturated heterocycles. The summed E-state index contributed by atoms with van der Waals surface area (Å²) >= 11 is 0. The van der Waals surface area contributed by atoms with Crippen LogP contribution >= 0.6 is 0 Å². The Labute approximate surface area is 118 Å². The van der Waals surface area contributed by atoms with Gasteiger partial charge in [-0.3, -0.25) is 0 Å². The zero-order valence-corrected chi connectivity index (χ0v) is 13.3. The van der Waals surface area contributed by atoms with Crippen molar-refractivity contribution in [2.24, 2.45) is 11.7 Å². The molecule has 1 aromatic rings. The minimum Gasteiger partial charge on any atom is -0.492 e. The highest BCUT2D eigenvalue weighted by atomic mass is 16.5. The van der Waals surface area contributed by atoms with Gasteiger partial charge in [0.05, 0.1) is 0 Å². The van der Waals surface area contributed by atoms with Crippen LogP contribution in [0.4, 0.5) is 0 Å². The van der Waals surface area contributed by atoms with E-state index in [1.54, 1.807) is 0 Å². The Bertz CT molecular complexity index is 406. The van der Waals surface area contributed by atoms with E-state index in [9.17, 15) is 0 Å². The summed E-state index contributed by atoms with van der Waals surface area (Å²) in [5, 5.41) is 0. The monoisotopic (exact) mass is 263 g/mol. The number of hydrogen-bond donors (Lipinski definition) is 1. The Kier molecular flexibility index (Phi) is 5.42. The van der Waals surface area contributed by atoms with Gasteiger partial charge < -0.3 is 10.5 Å². The standard InChI is InChI=1S/C17H29NO/c1-7-13(3)15(18)11-19-16-10-12(2)8-9-14(16)17(4,5)6/h8-10,13,15H,7,11,18H2,1-6H3. The molecule has 2 unspecified atom stereocenters. The number of hydrogen-bond acceptors (Lipinski definition) is 2. The second kappa shape index (κ2) is 6.42. The van der Waals surface area contributed by atoms with Crippen molar-refractivity contribution < 1.29 is 4.74 Å². The molecule has 2 heteroatoms. The third kappa shape index (κ3) is 4.54. The van der Waals surface area contributed by atoms with E-state index in [0.29, 0.717) is 12.5 Å². The van der Waals surface area contributed by atoms with Crippen LogP contribution in [-0.2, 0) is 5.41 Å². The lowest BCUT2D eigenvalue weighted by Gasteiger charge is -2.25. The normalized spacial score (nSPS) is 15.1. The maximum absolute atomic E-state index is 6.15. The van der Waals surface area contributed by atoms with E-state index in [1.807, 2.05) is 0 Å². The molecule has 0 aromatic heterocycles. The molecular formula is C17H29NO. The van der Waals surface area contributed by atoms with Crippen LogP contribution in [0, 0.1) is 12.8 Å². The van der Waals surface area contributed by atoms with Gasteiger partial charge in [0.25, 0.3) is 0 Å². The zero-order valence-electron chi connectivity index (χ0n) is 13.3. The van der Waals surface area contributed by atoms with E-state index in [-0.39, 0.29) is 11.5 Å². The number of aryl methyl sites for hydroxylation is 1. The first-order valence-corrected chi connectivity index (χ1v) is 7.25. The molecule has 0 spiro atoms. The highest BCUT2D eigenvalue weighted by Crippen LogP contribution is 2.32. The molecule has 0 aliphatic carbocycles. The Morgan fingerprint density at radius 1 is 1.26 bits per heavy atom. The molecule has 19 heavy (non-hydrogen) atoms. The summed E-state index contributed by atoms with van der Waals surface area (Å²) in [5.41, 5.74) is 8.70. The van der Waals surface area contributed by atoms with Crippen LogP contribution in [0.2, 0.25) is 0 Å². The lowest BCUT2D eigenvalue weighted by molar-refractivity contribution is 0.245. The van der Waals surface area contributed by atoms with Gasteiger partial charge in [-0.2, -0.15) is 0 Å². The fourth-order valence-corrected chi connectivity index (χ4v) is 2.02. The molecule has 0 radical (unpaired) electrons. The number of ether oxygens (including phenoxy) is 1. The van der Waals surface area contributed by atoms with E-state index in [1.165, 1.54) is 11.1 Å². The second-order valence-electron chi connectivity index (χ2n) is 6.61. The topological polar surface area (TPSA) is 35.2 Å². The lowest BCUT2D eigenvalue weighted by atomic mass is 9.86. The van der Waals surface area contributed by atoms with Crippen molar-refractivity contribution in [2.75, 3.05) is 6.61 Å². The Balaban J connectivity index is 2.85. The van der Waals surface area contributed by atoms with Crippen LogP contribution in [0.3, 0.4) is 0 Å². The molecule has 1 rings (SSSR count). The third-order valence-corrected chi connectivity index (χ3v) is 3.75. The molecule has 0 aliphatic rings. The van der Waals surface area contributed by atoms with Crippen molar-refractivity contribution in [1.29, 1.82) is 0 Å². The van der Waals surface area contributed by atoms with Gasteiger partial charge in [-0.05, 0) is 35.4 Å². The Morgan fingerprint density at radius 2 is 1.89 bits per heavy atom. The molecule has 0 fully saturated rings. The van der Waals surface area contributed by atoms with Crippen molar-refractivity contribution in [3.63, 3.8) is 0 Å². The highest BCUT2D eigenvalue weighted by molar-refractivity contribution is 5.41. The smallest absolute Gasteiger partial charge is 0.123 e. The third-order valence-electron chi connectivity index (χ3n) is 3.75. The van der Waals surface area contributed by atoms with E-state index < -0.39 is 0 Å². The zero-order chi connectivity index (χ0) is 14.6. The Hall–Kier alpha value is -1.02. The van der Waals surface area contributed by atoms with Crippen molar-refractivity contribution in [1.82, 2.24) is 0 Å². The maximum Gasteiger partial charge on any atom is 0.123 e. The minimum atomic E-state index is 0.0868. The van der Waals surface area contributed by atoms with Gasteiger partial charge in [0.2, 0.25) is 0 Å². The van der Waals surface area contributed by atoms with Crippen LogP contribution in [0.1, 0.15) is 52.2 Å². The van der Waals surface area contributed by atoms with Gasteiger partial charge in [-0.1, -0.05) is 53.2 Å². The molecule has 0 amide bonds. The average Bonchev–Trinajstić information content (AvgIpc) is 2.33. The Morgan fingerprint density at radius 3 is 2.42 bits per heavy atom. The number of rotatable bonds is 5. The van der Waals surface area contributed by atoms with Crippen molar-refractivity contribution in [3.8, 4) is 5.75 Å². The van der Waals surface area contributed by atoms with Gasteiger partial charge in [0.1, 0.15) is 12.4 Å². The van der Waals surface area contributed by atoms with Crippen LogP contribution in [0.15, 0.2) is 18.2 Å². The molecule has 108 valence electrons. The summed E-state index contributed by atoms with van der Waals surface area (Å²) in [6, 6.07) is 6.52. The molecular weight excluding hydrogens is 234 g/mol. The van der Waals surface area contributed by atoms with Crippen LogP contribution < -0.4 is 10.5 Å². The average molecular weight is 263 g/mol. The molecule has 2 nitrogen and oxygen atoms in total. The first kappa shape index (κ1) is 16.0. The summed E-state index contributed by atoms with van der Waals surface area (Å²) < 4.78 is 6.00. The maximum atomic E-state index is 6.15. The van der Waals surface area contributed by atoms with Gasteiger partial charge >= 0.3 is 0 Å². The quantitative estimate of drug-likeness (QED) is 0.870. The van der Waals surface area contributed by atoms with Crippen LogP contribution in [0.25, 0.3) is 0 Å². The SMILES string of the molecule is CCC(C)C(N)COc1cc(C)ccc1C(C)(C)C. The molecule has 0 bridgehead atoms. The predicted octanol–water partition coefficient (Wildman–Crippen LogP) is 4.04. The van der Waals surface area contributed by atoms with Gasteiger partial charge in [-0.25, -0.2) is 0 Å². The van der Waals surface area contributed by atoms with Gasteiger partial charge in [-0.15, -0.1) is 0 Å². The fourth-order valence-electron chi connectivity index (χ4n) is 2.02. The highest BCUT2D eigenvalue weighted by Gasteiger charge is 2.20. The molecule has 0 saturated carbocycles. The largest absolute Gasteiger partial charge is 0.492 e. The van der Waals surface area contributed by atoms with E-state index in [2.05, 4.69) is 59.7 Å². The van der Waals surface area contributed by atoms with Crippen LogP contribution in [0.5, 0.6) is 5.75 Å². The summed E-state index contributed by atoms with van der Waals surface area (Å²) in [6.07, 6.45) is 1.09. The molecule has 1 aromatic carbocycles. The van der Waals surface area contributed by atoms with Crippen LogP contribution in [-0.4, -0.2) is 12.6 Å². The first-order chi connectivity index (χ1) is 8.75. The summed E-state index contributed by atoms with van der Waals surface area (Å²) in [7, 11) is 0.